The van der Waals surface area contributed by atoms with E-state index in [0.717, 1.165) is 6.54 Å². The monoisotopic (exact) mass is 263 g/mol. The van der Waals surface area contributed by atoms with Crippen LogP contribution >= 0.6 is 0 Å². The van der Waals surface area contributed by atoms with E-state index in [-0.39, 0.29) is 18.0 Å². The molecule has 4 heteroatoms. The number of benzene rings is 1. The van der Waals surface area contributed by atoms with Crippen molar-refractivity contribution in [2.24, 2.45) is 5.41 Å². The highest BCUT2D eigenvalue weighted by atomic mass is 16.7. The van der Waals surface area contributed by atoms with E-state index in [9.17, 15) is 4.79 Å². The van der Waals surface area contributed by atoms with Gasteiger partial charge in [-0.05, 0) is 30.7 Å². The van der Waals surface area contributed by atoms with E-state index in [0.29, 0.717) is 23.6 Å². The molecule has 0 aliphatic carbocycles. The van der Waals surface area contributed by atoms with Crippen LogP contribution in [0.5, 0.6) is 11.5 Å². The van der Waals surface area contributed by atoms with E-state index < -0.39 is 0 Å². The van der Waals surface area contributed by atoms with E-state index in [4.69, 9.17) is 9.47 Å². The van der Waals surface area contributed by atoms with Gasteiger partial charge < -0.3 is 9.47 Å². The molecule has 104 valence electrons. The summed E-state index contributed by atoms with van der Waals surface area (Å²) in [5.41, 5.74) is 0.856. The Morgan fingerprint density at radius 1 is 1.26 bits per heavy atom. The summed E-state index contributed by atoms with van der Waals surface area (Å²) >= 11 is 0. The zero-order chi connectivity index (χ0) is 14.0. The number of likely N-dealkylation sites (N-methyl/N-ethyl adjacent to an activating group) is 1. The van der Waals surface area contributed by atoms with Crippen LogP contribution in [-0.2, 0) is 0 Å². The first-order valence-electron chi connectivity index (χ1n) is 6.46. The highest BCUT2D eigenvalue weighted by Gasteiger charge is 2.19. The highest BCUT2D eigenvalue weighted by Crippen LogP contribution is 2.32. The van der Waals surface area contributed by atoms with Crippen molar-refractivity contribution in [2.45, 2.75) is 20.8 Å². The molecule has 1 aliphatic heterocycles. The Balaban J connectivity index is 2.00. The number of ketones is 1. The van der Waals surface area contributed by atoms with Crippen LogP contribution in [0, 0.1) is 5.41 Å². The molecule has 0 spiro atoms. The number of rotatable bonds is 4. The van der Waals surface area contributed by atoms with Gasteiger partial charge in [-0.3, -0.25) is 9.69 Å². The first kappa shape index (κ1) is 13.9. The Morgan fingerprint density at radius 3 is 2.63 bits per heavy atom. The van der Waals surface area contributed by atoms with E-state index in [1.54, 1.807) is 18.2 Å². The summed E-state index contributed by atoms with van der Waals surface area (Å²) in [5.74, 6) is 1.47. The van der Waals surface area contributed by atoms with Crippen molar-refractivity contribution in [3.63, 3.8) is 0 Å². The van der Waals surface area contributed by atoms with Crippen molar-refractivity contribution < 1.29 is 14.3 Å². The third kappa shape index (κ3) is 3.70. The SMILES string of the molecule is CN(CC(=O)c1ccc2c(c1)OCO2)CC(C)(C)C. The minimum absolute atomic E-state index is 0.102. The summed E-state index contributed by atoms with van der Waals surface area (Å²) in [5, 5.41) is 0. The average Bonchev–Trinajstić information content (AvgIpc) is 2.72. The lowest BCUT2D eigenvalue weighted by atomic mass is 9.96. The van der Waals surface area contributed by atoms with Gasteiger partial charge in [0.2, 0.25) is 6.79 Å². The van der Waals surface area contributed by atoms with Gasteiger partial charge in [0.1, 0.15) is 0 Å². The largest absolute Gasteiger partial charge is 0.454 e. The number of ether oxygens (including phenoxy) is 2. The van der Waals surface area contributed by atoms with E-state index in [1.165, 1.54) is 0 Å². The quantitative estimate of drug-likeness (QED) is 0.783. The summed E-state index contributed by atoms with van der Waals surface area (Å²) < 4.78 is 10.5. The van der Waals surface area contributed by atoms with Crippen LogP contribution in [-0.4, -0.2) is 37.6 Å². The van der Waals surface area contributed by atoms with Gasteiger partial charge in [-0.15, -0.1) is 0 Å². The molecule has 0 atom stereocenters. The fraction of sp³-hybridized carbons (Fsp3) is 0.533. The lowest BCUT2D eigenvalue weighted by Crippen LogP contribution is -2.33. The van der Waals surface area contributed by atoms with E-state index >= 15 is 0 Å². The van der Waals surface area contributed by atoms with Crippen molar-refractivity contribution >= 4 is 5.78 Å². The molecule has 0 amide bonds. The fourth-order valence-electron chi connectivity index (χ4n) is 2.27. The molecule has 4 nitrogen and oxygen atoms in total. The van der Waals surface area contributed by atoms with E-state index in [1.807, 2.05) is 11.9 Å². The molecule has 0 saturated carbocycles. The normalized spacial score (nSPS) is 13.9. The van der Waals surface area contributed by atoms with Crippen LogP contribution in [0.2, 0.25) is 0 Å². The van der Waals surface area contributed by atoms with Crippen molar-refractivity contribution in [1.29, 1.82) is 0 Å². The third-order valence-corrected chi connectivity index (χ3v) is 2.85. The first-order valence-corrected chi connectivity index (χ1v) is 6.46. The number of carbonyl (C=O) groups excluding carboxylic acids is 1. The molecule has 19 heavy (non-hydrogen) atoms. The van der Waals surface area contributed by atoms with Gasteiger partial charge in [0.05, 0.1) is 6.54 Å². The van der Waals surface area contributed by atoms with Gasteiger partial charge in [-0.25, -0.2) is 0 Å². The molecule has 2 rings (SSSR count). The molecule has 1 aromatic carbocycles. The number of carbonyl (C=O) groups is 1. The summed E-state index contributed by atoms with van der Waals surface area (Å²) in [6, 6.07) is 5.34. The maximum absolute atomic E-state index is 12.2. The maximum atomic E-state index is 12.2. The van der Waals surface area contributed by atoms with Crippen LogP contribution < -0.4 is 9.47 Å². The molecule has 1 aliphatic rings. The second kappa shape index (κ2) is 5.21. The standard InChI is InChI=1S/C15H21NO3/c1-15(2,3)9-16(4)8-12(17)11-5-6-13-14(7-11)19-10-18-13/h5-7H,8-10H2,1-4H3. The summed E-state index contributed by atoms with van der Waals surface area (Å²) in [6.45, 7) is 8.01. The molecule has 0 unspecified atom stereocenters. The Bertz CT molecular complexity index is 477. The topological polar surface area (TPSA) is 38.8 Å². The molecule has 0 N–H and O–H groups in total. The lowest BCUT2D eigenvalue weighted by Gasteiger charge is -2.25. The van der Waals surface area contributed by atoms with Gasteiger partial charge in [-0.1, -0.05) is 20.8 Å². The molecular weight excluding hydrogens is 242 g/mol. The van der Waals surface area contributed by atoms with Crippen LogP contribution in [0.15, 0.2) is 18.2 Å². The van der Waals surface area contributed by atoms with Crippen LogP contribution in [0.4, 0.5) is 0 Å². The van der Waals surface area contributed by atoms with E-state index in [2.05, 4.69) is 20.8 Å². The fourth-order valence-corrected chi connectivity index (χ4v) is 2.27. The molecular formula is C15H21NO3. The zero-order valence-electron chi connectivity index (χ0n) is 12.0. The minimum Gasteiger partial charge on any atom is -0.454 e. The second-order valence-electron chi connectivity index (χ2n) is 6.22. The number of fused-ring (bicyclic) bond motifs is 1. The van der Waals surface area contributed by atoms with Gasteiger partial charge in [0.25, 0.3) is 0 Å². The Morgan fingerprint density at radius 2 is 1.95 bits per heavy atom. The number of hydrogen-bond donors (Lipinski definition) is 0. The Hall–Kier alpha value is -1.55. The average molecular weight is 263 g/mol. The molecule has 0 fully saturated rings. The minimum atomic E-state index is 0.102. The van der Waals surface area contributed by atoms with Crippen molar-refractivity contribution in [1.82, 2.24) is 4.90 Å². The highest BCUT2D eigenvalue weighted by molar-refractivity contribution is 5.98. The van der Waals surface area contributed by atoms with Gasteiger partial charge in [-0.2, -0.15) is 0 Å². The summed E-state index contributed by atoms with van der Waals surface area (Å²) in [7, 11) is 1.97. The zero-order valence-corrected chi connectivity index (χ0v) is 12.0. The number of nitrogens with zero attached hydrogens (tertiary/aromatic N) is 1. The molecule has 0 bridgehead atoms. The second-order valence-corrected chi connectivity index (χ2v) is 6.22. The Labute approximate surface area is 114 Å². The number of hydrogen-bond acceptors (Lipinski definition) is 4. The first-order chi connectivity index (χ1) is 8.85. The smallest absolute Gasteiger partial charge is 0.231 e. The number of Topliss-reactive ketones (excluding diaryl/α,β-unsaturated/α-hetero) is 1. The molecule has 0 radical (unpaired) electrons. The van der Waals surface area contributed by atoms with Gasteiger partial charge in [0, 0.05) is 12.1 Å². The summed E-state index contributed by atoms with van der Waals surface area (Å²) in [6.07, 6.45) is 0. The van der Waals surface area contributed by atoms with Gasteiger partial charge >= 0.3 is 0 Å². The van der Waals surface area contributed by atoms with Crippen molar-refractivity contribution in [3.8, 4) is 11.5 Å². The van der Waals surface area contributed by atoms with Crippen LogP contribution in [0.1, 0.15) is 31.1 Å². The molecule has 0 saturated heterocycles. The van der Waals surface area contributed by atoms with Crippen molar-refractivity contribution in [3.05, 3.63) is 23.8 Å². The third-order valence-electron chi connectivity index (χ3n) is 2.85. The lowest BCUT2D eigenvalue weighted by molar-refractivity contribution is 0.0926. The van der Waals surface area contributed by atoms with Crippen LogP contribution in [0.25, 0.3) is 0 Å². The maximum Gasteiger partial charge on any atom is 0.231 e. The Kier molecular flexibility index (Phi) is 3.80. The molecule has 1 aromatic rings. The molecule has 1 heterocycles. The van der Waals surface area contributed by atoms with Gasteiger partial charge in [0.15, 0.2) is 17.3 Å². The van der Waals surface area contributed by atoms with Crippen LogP contribution in [0.3, 0.4) is 0 Å². The predicted octanol–water partition coefficient (Wildman–Crippen LogP) is 2.58. The molecule has 0 aromatic heterocycles. The summed E-state index contributed by atoms with van der Waals surface area (Å²) in [4.78, 5) is 14.3. The van der Waals surface area contributed by atoms with Crippen molar-refractivity contribution in [2.75, 3.05) is 26.9 Å². The predicted molar refractivity (Wildman–Crippen MR) is 73.8 cm³/mol.